The smallest absolute Gasteiger partial charge is 0.136 e. The number of aryl methyl sites for hydroxylation is 1. The van der Waals surface area contributed by atoms with E-state index in [0.29, 0.717) is 5.15 Å². The van der Waals surface area contributed by atoms with E-state index in [9.17, 15) is 0 Å². The quantitative estimate of drug-likeness (QED) is 0.767. The number of halogens is 1. The van der Waals surface area contributed by atoms with Crippen LogP contribution in [0.2, 0.25) is 5.15 Å². The summed E-state index contributed by atoms with van der Waals surface area (Å²) in [5.74, 6) is 0.736. The average Bonchev–Trinajstić information content (AvgIpc) is 2.74. The van der Waals surface area contributed by atoms with Gasteiger partial charge in [-0.1, -0.05) is 48.0 Å². The second-order valence-corrected chi connectivity index (χ2v) is 4.84. The van der Waals surface area contributed by atoms with Gasteiger partial charge in [0.2, 0.25) is 0 Å². The van der Waals surface area contributed by atoms with Crippen molar-refractivity contribution >= 4 is 17.2 Å². The number of allylic oxidation sites excluding steroid dienone is 2. The van der Waals surface area contributed by atoms with Crippen molar-refractivity contribution in [3.05, 3.63) is 64.2 Å². The first-order valence-electron chi connectivity index (χ1n) is 6.00. The molecule has 3 heteroatoms. The van der Waals surface area contributed by atoms with Gasteiger partial charge in [-0.05, 0) is 30.9 Å². The van der Waals surface area contributed by atoms with Crippen LogP contribution >= 0.6 is 11.6 Å². The number of aromatic nitrogens is 2. The van der Waals surface area contributed by atoms with Gasteiger partial charge in [-0.3, -0.25) is 0 Å². The Bertz CT molecular complexity index is 618. The fourth-order valence-electron chi connectivity index (χ4n) is 2.30. The fourth-order valence-corrected chi connectivity index (χ4v) is 2.59. The van der Waals surface area contributed by atoms with Crippen LogP contribution in [0.3, 0.4) is 0 Å². The highest BCUT2D eigenvalue weighted by atomic mass is 35.5. The molecule has 1 heterocycles. The molecule has 1 aromatic carbocycles. The molecule has 2 aromatic rings. The Morgan fingerprint density at radius 2 is 1.94 bits per heavy atom. The molecule has 3 rings (SSSR count). The SMILES string of the molecule is Cc1nc(Cl)c2c(n1)C(Cc1ccccc1)=CC2. The van der Waals surface area contributed by atoms with Gasteiger partial charge in [0, 0.05) is 5.56 Å². The maximum absolute atomic E-state index is 6.16. The van der Waals surface area contributed by atoms with Crippen LogP contribution in [0.4, 0.5) is 0 Å². The molecule has 90 valence electrons. The normalized spacial score (nSPS) is 13.3. The summed E-state index contributed by atoms with van der Waals surface area (Å²) in [6.07, 6.45) is 3.95. The zero-order valence-electron chi connectivity index (χ0n) is 10.2. The fraction of sp³-hybridized carbons (Fsp3) is 0.200. The molecule has 0 atom stereocenters. The van der Waals surface area contributed by atoms with Crippen LogP contribution in [-0.2, 0) is 12.8 Å². The van der Waals surface area contributed by atoms with Crippen molar-refractivity contribution < 1.29 is 0 Å². The minimum absolute atomic E-state index is 0.594. The van der Waals surface area contributed by atoms with Crippen molar-refractivity contribution in [1.82, 2.24) is 9.97 Å². The van der Waals surface area contributed by atoms with Gasteiger partial charge in [-0.25, -0.2) is 9.97 Å². The summed E-state index contributed by atoms with van der Waals surface area (Å²) in [6, 6.07) is 10.4. The number of benzene rings is 1. The minimum atomic E-state index is 0.594. The van der Waals surface area contributed by atoms with Crippen LogP contribution in [0.25, 0.3) is 5.57 Å². The van der Waals surface area contributed by atoms with Crippen molar-refractivity contribution in [2.45, 2.75) is 19.8 Å². The van der Waals surface area contributed by atoms with Crippen LogP contribution < -0.4 is 0 Å². The van der Waals surface area contributed by atoms with E-state index in [1.165, 1.54) is 11.1 Å². The number of hydrogen-bond donors (Lipinski definition) is 0. The molecule has 0 radical (unpaired) electrons. The summed E-state index contributed by atoms with van der Waals surface area (Å²) in [5, 5.41) is 0.594. The van der Waals surface area contributed by atoms with Crippen molar-refractivity contribution in [2.24, 2.45) is 0 Å². The molecule has 1 aliphatic carbocycles. The van der Waals surface area contributed by atoms with E-state index in [-0.39, 0.29) is 0 Å². The van der Waals surface area contributed by atoms with Gasteiger partial charge in [0.25, 0.3) is 0 Å². The second kappa shape index (κ2) is 4.54. The van der Waals surface area contributed by atoms with E-state index >= 15 is 0 Å². The molecule has 0 aliphatic heterocycles. The Morgan fingerprint density at radius 3 is 2.72 bits per heavy atom. The first-order valence-corrected chi connectivity index (χ1v) is 6.38. The van der Waals surface area contributed by atoms with Gasteiger partial charge in [0.1, 0.15) is 11.0 Å². The summed E-state index contributed by atoms with van der Waals surface area (Å²) in [5.41, 5.74) is 4.64. The highest BCUT2D eigenvalue weighted by Gasteiger charge is 2.20. The molecule has 1 aromatic heterocycles. The summed E-state index contributed by atoms with van der Waals surface area (Å²) < 4.78 is 0. The molecule has 0 N–H and O–H groups in total. The topological polar surface area (TPSA) is 25.8 Å². The van der Waals surface area contributed by atoms with E-state index in [1.54, 1.807) is 0 Å². The second-order valence-electron chi connectivity index (χ2n) is 4.48. The van der Waals surface area contributed by atoms with Gasteiger partial charge >= 0.3 is 0 Å². The van der Waals surface area contributed by atoms with Gasteiger partial charge in [0.15, 0.2) is 0 Å². The molecule has 1 aliphatic rings. The number of fused-ring (bicyclic) bond motifs is 1. The summed E-state index contributed by atoms with van der Waals surface area (Å²) >= 11 is 6.16. The van der Waals surface area contributed by atoms with E-state index in [0.717, 1.165) is 29.9 Å². The zero-order valence-corrected chi connectivity index (χ0v) is 10.9. The first-order chi connectivity index (χ1) is 8.74. The molecule has 18 heavy (non-hydrogen) atoms. The summed E-state index contributed by atoms with van der Waals surface area (Å²) in [4.78, 5) is 8.74. The lowest BCUT2D eigenvalue weighted by Crippen LogP contribution is -1.99. The predicted octanol–water partition coefficient (Wildman–Crippen LogP) is 3.62. The highest BCUT2D eigenvalue weighted by molar-refractivity contribution is 6.30. The Labute approximate surface area is 111 Å². The average molecular weight is 257 g/mol. The van der Waals surface area contributed by atoms with Gasteiger partial charge in [-0.2, -0.15) is 0 Å². The van der Waals surface area contributed by atoms with E-state index in [2.05, 4.69) is 40.3 Å². The Kier molecular flexibility index (Phi) is 2.88. The monoisotopic (exact) mass is 256 g/mol. The minimum Gasteiger partial charge on any atom is -0.233 e. The lowest BCUT2D eigenvalue weighted by atomic mass is 10.0. The zero-order chi connectivity index (χ0) is 12.5. The van der Waals surface area contributed by atoms with Gasteiger partial charge in [0.05, 0.1) is 5.69 Å². The molecule has 0 spiro atoms. The maximum atomic E-state index is 6.16. The molecule has 2 nitrogen and oxygen atoms in total. The van der Waals surface area contributed by atoms with Crippen LogP contribution in [-0.4, -0.2) is 9.97 Å². The molecule has 0 saturated carbocycles. The van der Waals surface area contributed by atoms with Crippen molar-refractivity contribution in [1.29, 1.82) is 0 Å². The largest absolute Gasteiger partial charge is 0.233 e. The van der Waals surface area contributed by atoms with E-state index in [4.69, 9.17) is 11.6 Å². The Morgan fingerprint density at radius 1 is 1.17 bits per heavy atom. The molecule has 0 unspecified atom stereocenters. The summed E-state index contributed by atoms with van der Waals surface area (Å²) in [7, 11) is 0. The standard InChI is InChI=1S/C15H13ClN2/c1-10-17-14-12(7-8-13(14)15(16)18-10)9-11-5-3-2-4-6-11/h2-7H,8-9H2,1H3. The number of rotatable bonds is 2. The predicted molar refractivity (Wildman–Crippen MR) is 73.6 cm³/mol. The molecular formula is C15H13ClN2. The third-order valence-electron chi connectivity index (χ3n) is 3.16. The molecule has 0 fully saturated rings. The van der Waals surface area contributed by atoms with Crippen LogP contribution in [0.15, 0.2) is 36.4 Å². The highest BCUT2D eigenvalue weighted by Crippen LogP contribution is 2.32. The van der Waals surface area contributed by atoms with Gasteiger partial charge < -0.3 is 0 Å². The van der Waals surface area contributed by atoms with Crippen LogP contribution in [0, 0.1) is 6.92 Å². The summed E-state index contributed by atoms with van der Waals surface area (Å²) in [6.45, 7) is 1.88. The van der Waals surface area contributed by atoms with E-state index < -0.39 is 0 Å². The molecule has 0 bridgehead atoms. The number of hydrogen-bond acceptors (Lipinski definition) is 2. The molecule has 0 saturated heterocycles. The Balaban J connectivity index is 1.95. The van der Waals surface area contributed by atoms with Crippen molar-refractivity contribution in [2.75, 3.05) is 0 Å². The van der Waals surface area contributed by atoms with Crippen molar-refractivity contribution in [3.63, 3.8) is 0 Å². The third kappa shape index (κ3) is 2.04. The first kappa shape index (κ1) is 11.4. The van der Waals surface area contributed by atoms with Gasteiger partial charge in [-0.15, -0.1) is 0 Å². The third-order valence-corrected chi connectivity index (χ3v) is 3.48. The number of nitrogens with zero attached hydrogens (tertiary/aromatic N) is 2. The van der Waals surface area contributed by atoms with Crippen molar-refractivity contribution in [3.8, 4) is 0 Å². The van der Waals surface area contributed by atoms with Crippen LogP contribution in [0.1, 0.15) is 22.6 Å². The molecular weight excluding hydrogens is 244 g/mol. The molecule has 0 amide bonds. The van der Waals surface area contributed by atoms with Crippen LogP contribution in [0.5, 0.6) is 0 Å². The lowest BCUT2D eigenvalue weighted by molar-refractivity contribution is 1.01. The Hall–Kier alpha value is -1.67. The lowest BCUT2D eigenvalue weighted by Gasteiger charge is -2.07. The van der Waals surface area contributed by atoms with E-state index in [1.807, 2.05) is 13.0 Å². The maximum Gasteiger partial charge on any atom is 0.136 e.